The topological polar surface area (TPSA) is 52.3 Å². The molecule has 3 nitrogen and oxygen atoms in total. The summed E-state index contributed by atoms with van der Waals surface area (Å²) in [6.45, 7) is 10.5. The summed E-state index contributed by atoms with van der Waals surface area (Å²) in [6.07, 6.45) is 5.59. The number of carbonyl (C=O) groups excluding carboxylic acids is 1. The Morgan fingerprint density at radius 2 is 2.22 bits per heavy atom. The zero-order valence-corrected chi connectivity index (χ0v) is 11.7. The molecule has 4 atom stereocenters. The Bertz CT molecular complexity index is 364. The maximum absolute atomic E-state index is 11.9. The van der Waals surface area contributed by atoms with E-state index < -0.39 is 6.04 Å². The molecule has 0 aromatic heterocycles. The molecule has 0 amide bonds. The molecule has 2 N–H and O–H groups in total. The summed E-state index contributed by atoms with van der Waals surface area (Å²) in [6, 6.07) is -0.562. The molecule has 18 heavy (non-hydrogen) atoms. The van der Waals surface area contributed by atoms with E-state index in [4.69, 9.17) is 10.5 Å². The van der Waals surface area contributed by atoms with Crippen LogP contribution in [0.25, 0.3) is 0 Å². The van der Waals surface area contributed by atoms with E-state index >= 15 is 0 Å². The molecular formula is C15H25NO2. The molecule has 2 aliphatic rings. The fraction of sp³-hybridized carbons (Fsp3) is 0.800. The smallest absolute Gasteiger partial charge is 0.323 e. The number of hydrogen-bond acceptors (Lipinski definition) is 3. The van der Waals surface area contributed by atoms with E-state index in [1.165, 1.54) is 6.42 Å². The Balaban J connectivity index is 2.05. The van der Waals surface area contributed by atoms with Crippen LogP contribution in [0, 0.1) is 16.7 Å². The lowest BCUT2D eigenvalue weighted by atomic mass is 9.70. The summed E-state index contributed by atoms with van der Waals surface area (Å²) in [5.74, 6) is 0.403. The SMILES string of the molecule is C=CCC(N)C(=O)OC1CC2CCC1(C)C2(C)C. The number of ether oxygens (including phenoxy) is 1. The molecule has 0 aromatic carbocycles. The molecule has 3 heteroatoms. The van der Waals surface area contributed by atoms with Crippen LogP contribution in [0.4, 0.5) is 0 Å². The van der Waals surface area contributed by atoms with Gasteiger partial charge in [-0.2, -0.15) is 0 Å². The van der Waals surface area contributed by atoms with Crippen LogP contribution >= 0.6 is 0 Å². The minimum absolute atomic E-state index is 0.0367. The van der Waals surface area contributed by atoms with E-state index in [2.05, 4.69) is 27.4 Å². The number of nitrogens with two attached hydrogens (primary N) is 1. The van der Waals surface area contributed by atoms with Crippen LogP contribution in [0.1, 0.15) is 46.5 Å². The van der Waals surface area contributed by atoms with E-state index in [0.29, 0.717) is 12.3 Å². The molecule has 0 radical (unpaired) electrons. The minimum Gasteiger partial charge on any atom is -0.461 e. The average molecular weight is 251 g/mol. The molecule has 0 spiro atoms. The Morgan fingerprint density at radius 1 is 1.56 bits per heavy atom. The fourth-order valence-electron chi connectivity index (χ4n) is 3.81. The second-order valence-electron chi connectivity index (χ2n) is 6.67. The van der Waals surface area contributed by atoms with E-state index in [-0.39, 0.29) is 22.9 Å². The van der Waals surface area contributed by atoms with Gasteiger partial charge in [0.2, 0.25) is 0 Å². The van der Waals surface area contributed by atoms with Gasteiger partial charge in [0, 0.05) is 5.41 Å². The average Bonchev–Trinajstić information content (AvgIpc) is 2.62. The summed E-state index contributed by atoms with van der Waals surface area (Å²) in [5, 5.41) is 0. The van der Waals surface area contributed by atoms with Gasteiger partial charge in [-0.05, 0) is 37.0 Å². The van der Waals surface area contributed by atoms with E-state index in [0.717, 1.165) is 12.8 Å². The summed E-state index contributed by atoms with van der Waals surface area (Å²) < 4.78 is 5.69. The van der Waals surface area contributed by atoms with Crippen molar-refractivity contribution in [2.24, 2.45) is 22.5 Å². The van der Waals surface area contributed by atoms with Crippen molar-refractivity contribution in [2.45, 2.75) is 58.6 Å². The molecule has 102 valence electrons. The van der Waals surface area contributed by atoms with Crippen molar-refractivity contribution >= 4 is 5.97 Å². The van der Waals surface area contributed by atoms with Crippen molar-refractivity contribution in [1.82, 2.24) is 0 Å². The Labute approximate surface area is 110 Å². The van der Waals surface area contributed by atoms with Crippen molar-refractivity contribution in [3.8, 4) is 0 Å². The highest BCUT2D eigenvalue weighted by molar-refractivity contribution is 5.76. The zero-order chi connectivity index (χ0) is 13.6. The normalized spacial score (nSPS) is 38.4. The Morgan fingerprint density at radius 3 is 2.67 bits per heavy atom. The molecule has 0 aromatic rings. The Hall–Kier alpha value is -0.830. The van der Waals surface area contributed by atoms with Gasteiger partial charge in [-0.3, -0.25) is 4.79 Å². The number of fused-ring (bicyclic) bond motifs is 2. The lowest BCUT2D eigenvalue weighted by Crippen LogP contribution is -2.42. The first kappa shape index (κ1) is 13.6. The van der Waals surface area contributed by atoms with Crippen molar-refractivity contribution < 1.29 is 9.53 Å². The highest BCUT2D eigenvalue weighted by Gasteiger charge is 2.62. The monoisotopic (exact) mass is 251 g/mol. The van der Waals surface area contributed by atoms with Crippen LogP contribution in [0.15, 0.2) is 12.7 Å². The van der Waals surface area contributed by atoms with Gasteiger partial charge in [0.25, 0.3) is 0 Å². The summed E-state index contributed by atoms with van der Waals surface area (Å²) in [7, 11) is 0. The molecule has 0 saturated heterocycles. The van der Waals surface area contributed by atoms with Gasteiger partial charge in [-0.15, -0.1) is 6.58 Å². The van der Waals surface area contributed by atoms with Crippen molar-refractivity contribution in [3.05, 3.63) is 12.7 Å². The first-order valence-corrected chi connectivity index (χ1v) is 6.90. The third kappa shape index (κ3) is 1.80. The quantitative estimate of drug-likeness (QED) is 0.617. The zero-order valence-electron chi connectivity index (χ0n) is 11.7. The molecule has 0 heterocycles. The van der Waals surface area contributed by atoms with Gasteiger partial charge in [-0.25, -0.2) is 0 Å². The van der Waals surface area contributed by atoms with E-state index in [9.17, 15) is 4.79 Å². The van der Waals surface area contributed by atoms with Crippen LogP contribution in [-0.4, -0.2) is 18.1 Å². The first-order valence-electron chi connectivity index (χ1n) is 6.90. The van der Waals surface area contributed by atoms with E-state index in [1.54, 1.807) is 6.08 Å². The number of esters is 1. The van der Waals surface area contributed by atoms with Gasteiger partial charge in [-0.1, -0.05) is 26.8 Å². The van der Waals surface area contributed by atoms with Crippen molar-refractivity contribution in [1.29, 1.82) is 0 Å². The lowest BCUT2D eigenvalue weighted by molar-refractivity contribution is -0.158. The van der Waals surface area contributed by atoms with Crippen LogP contribution in [0.2, 0.25) is 0 Å². The van der Waals surface area contributed by atoms with Crippen LogP contribution in [-0.2, 0) is 9.53 Å². The highest BCUT2D eigenvalue weighted by Crippen LogP contribution is 2.66. The lowest BCUT2D eigenvalue weighted by Gasteiger charge is -2.38. The molecule has 2 aliphatic carbocycles. The largest absolute Gasteiger partial charge is 0.461 e. The fourth-order valence-corrected chi connectivity index (χ4v) is 3.81. The Kier molecular flexibility index (Phi) is 3.30. The summed E-state index contributed by atoms with van der Waals surface area (Å²) in [4.78, 5) is 11.9. The highest BCUT2D eigenvalue weighted by atomic mass is 16.5. The molecule has 4 unspecified atom stereocenters. The first-order chi connectivity index (χ1) is 8.33. The maximum atomic E-state index is 11.9. The summed E-state index contributed by atoms with van der Waals surface area (Å²) in [5.41, 5.74) is 6.15. The molecule has 0 aliphatic heterocycles. The van der Waals surface area contributed by atoms with Gasteiger partial charge in [0.05, 0.1) is 0 Å². The number of hydrogen-bond donors (Lipinski definition) is 1. The van der Waals surface area contributed by atoms with Gasteiger partial charge < -0.3 is 10.5 Å². The predicted octanol–water partition coefficient (Wildman–Crippen LogP) is 2.65. The van der Waals surface area contributed by atoms with Crippen LogP contribution in [0.3, 0.4) is 0 Å². The molecular weight excluding hydrogens is 226 g/mol. The number of rotatable bonds is 4. The predicted molar refractivity (Wildman–Crippen MR) is 71.9 cm³/mol. The van der Waals surface area contributed by atoms with Crippen LogP contribution < -0.4 is 5.73 Å². The third-order valence-corrected chi connectivity index (χ3v) is 5.70. The minimum atomic E-state index is -0.562. The molecule has 2 rings (SSSR count). The summed E-state index contributed by atoms with van der Waals surface area (Å²) >= 11 is 0. The molecule has 2 bridgehead atoms. The van der Waals surface area contributed by atoms with Gasteiger partial charge in [0.1, 0.15) is 12.1 Å². The van der Waals surface area contributed by atoms with Crippen LogP contribution in [0.5, 0.6) is 0 Å². The number of carbonyl (C=O) groups is 1. The molecule has 2 saturated carbocycles. The van der Waals surface area contributed by atoms with Gasteiger partial charge >= 0.3 is 5.97 Å². The van der Waals surface area contributed by atoms with E-state index in [1.807, 2.05) is 0 Å². The van der Waals surface area contributed by atoms with Gasteiger partial charge in [0.15, 0.2) is 0 Å². The maximum Gasteiger partial charge on any atom is 0.323 e. The van der Waals surface area contributed by atoms with Crippen molar-refractivity contribution in [3.63, 3.8) is 0 Å². The standard InChI is InChI=1S/C15H25NO2/c1-5-6-11(16)13(17)18-12-9-10-7-8-15(12,4)14(10,2)3/h5,10-12H,1,6-9,16H2,2-4H3. The second-order valence-corrected chi connectivity index (χ2v) is 6.67. The second kappa shape index (κ2) is 4.37. The third-order valence-electron chi connectivity index (χ3n) is 5.70. The molecule has 2 fully saturated rings. The van der Waals surface area contributed by atoms with Crippen molar-refractivity contribution in [2.75, 3.05) is 0 Å².